The molecule has 1 aromatic heterocycles. The molecule has 0 atom stereocenters. The van der Waals surface area contributed by atoms with E-state index in [0.717, 1.165) is 34.6 Å². The maximum Gasteiger partial charge on any atom is 0.228 e. The lowest BCUT2D eigenvalue weighted by Gasteiger charge is -2.04. The molecule has 5 heteroatoms. The van der Waals surface area contributed by atoms with Crippen molar-refractivity contribution in [2.75, 3.05) is 12.4 Å². The molecular formula is C14H16N4O. The number of nitrogens with zero attached hydrogens (tertiary/aromatic N) is 2. The van der Waals surface area contributed by atoms with E-state index in [1.807, 2.05) is 37.1 Å². The van der Waals surface area contributed by atoms with Gasteiger partial charge in [0.15, 0.2) is 0 Å². The normalized spacial score (nSPS) is 13.5. The summed E-state index contributed by atoms with van der Waals surface area (Å²) >= 11 is 0. The van der Waals surface area contributed by atoms with Crippen molar-refractivity contribution in [1.29, 1.82) is 0 Å². The Balaban J connectivity index is 2.03. The number of nitrogens with one attached hydrogen (secondary N) is 2. The number of carbonyl (C=O) groups excluding carboxylic acids is 1. The molecule has 0 spiro atoms. The van der Waals surface area contributed by atoms with Crippen molar-refractivity contribution in [3.8, 4) is 11.3 Å². The van der Waals surface area contributed by atoms with E-state index in [0.29, 0.717) is 6.42 Å². The van der Waals surface area contributed by atoms with E-state index in [4.69, 9.17) is 0 Å². The molecule has 2 N–H and O–H groups in total. The number of carbonyl (C=O) groups is 1. The molecule has 19 heavy (non-hydrogen) atoms. The number of aromatic nitrogens is 2. The number of benzene rings is 1. The van der Waals surface area contributed by atoms with Crippen LogP contribution in [0.3, 0.4) is 0 Å². The van der Waals surface area contributed by atoms with Crippen LogP contribution < -0.4 is 10.6 Å². The van der Waals surface area contributed by atoms with Crippen LogP contribution in [0.15, 0.2) is 24.4 Å². The van der Waals surface area contributed by atoms with Gasteiger partial charge in [0.2, 0.25) is 5.91 Å². The SMILES string of the molecule is CNCc1cn(C)nc1-c1ccc2c(c1)CC(=O)N2. The number of hydrogen-bond donors (Lipinski definition) is 2. The molecule has 0 aliphatic carbocycles. The van der Waals surface area contributed by atoms with Gasteiger partial charge in [-0.05, 0) is 24.7 Å². The predicted molar refractivity (Wildman–Crippen MR) is 73.7 cm³/mol. The number of hydrogen-bond acceptors (Lipinski definition) is 3. The minimum Gasteiger partial charge on any atom is -0.326 e. The van der Waals surface area contributed by atoms with Crippen LogP contribution in [-0.4, -0.2) is 22.7 Å². The minimum atomic E-state index is 0.0589. The van der Waals surface area contributed by atoms with E-state index in [2.05, 4.69) is 21.8 Å². The fourth-order valence-electron chi connectivity index (χ4n) is 2.48. The third kappa shape index (κ3) is 2.13. The number of fused-ring (bicyclic) bond motifs is 1. The van der Waals surface area contributed by atoms with Gasteiger partial charge in [0.1, 0.15) is 0 Å². The van der Waals surface area contributed by atoms with Crippen LogP contribution in [0.5, 0.6) is 0 Å². The molecule has 5 nitrogen and oxygen atoms in total. The van der Waals surface area contributed by atoms with E-state index < -0.39 is 0 Å². The summed E-state index contributed by atoms with van der Waals surface area (Å²) in [5, 5.41) is 10.5. The molecule has 2 heterocycles. The van der Waals surface area contributed by atoms with Gasteiger partial charge in [-0.1, -0.05) is 6.07 Å². The highest BCUT2D eigenvalue weighted by Gasteiger charge is 2.19. The van der Waals surface area contributed by atoms with Crippen molar-refractivity contribution < 1.29 is 4.79 Å². The topological polar surface area (TPSA) is 59.0 Å². The van der Waals surface area contributed by atoms with Crippen LogP contribution in [0.25, 0.3) is 11.3 Å². The molecule has 0 unspecified atom stereocenters. The van der Waals surface area contributed by atoms with Crippen molar-refractivity contribution >= 4 is 11.6 Å². The summed E-state index contributed by atoms with van der Waals surface area (Å²) in [6.07, 6.45) is 2.47. The van der Waals surface area contributed by atoms with Crippen molar-refractivity contribution in [2.45, 2.75) is 13.0 Å². The highest BCUT2D eigenvalue weighted by Crippen LogP contribution is 2.29. The number of rotatable bonds is 3. The van der Waals surface area contributed by atoms with E-state index in [9.17, 15) is 4.79 Å². The predicted octanol–water partition coefficient (Wildman–Crippen LogP) is 1.30. The first-order chi connectivity index (χ1) is 9.17. The summed E-state index contributed by atoms with van der Waals surface area (Å²) in [7, 11) is 3.84. The second-order valence-corrected chi connectivity index (χ2v) is 4.80. The Labute approximate surface area is 111 Å². The Hall–Kier alpha value is -2.14. The summed E-state index contributed by atoms with van der Waals surface area (Å²) in [6, 6.07) is 6.01. The monoisotopic (exact) mass is 256 g/mol. The van der Waals surface area contributed by atoms with E-state index >= 15 is 0 Å². The van der Waals surface area contributed by atoms with Gasteiger partial charge in [-0.25, -0.2) is 0 Å². The van der Waals surface area contributed by atoms with Gasteiger partial charge in [-0.3, -0.25) is 9.48 Å². The molecular weight excluding hydrogens is 240 g/mol. The van der Waals surface area contributed by atoms with Crippen LogP contribution in [-0.2, 0) is 24.8 Å². The summed E-state index contributed by atoms with van der Waals surface area (Å²) < 4.78 is 1.82. The van der Waals surface area contributed by atoms with Crippen LogP contribution >= 0.6 is 0 Å². The van der Waals surface area contributed by atoms with Gasteiger partial charge >= 0.3 is 0 Å². The quantitative estimate of drug-likeness (QED) is 0.870. The standard InChI is InChI=1S/C14H16N4O/c1-15-7-11-8-18(2)17-14(11)9-3-4-12-10(5-9)6-13(19)16-12/h3-5,8,15H,6-7H2,1-2H3,(H,16,19). The van der Waals surface area contributed by atoms with Gasteiger partial charge in [0.25, 0.3) is 0 Å². The maximum absolute atomic E-state index is 11.4. The average molecular weight is 256 g/mol. The lowest BCUT2D eigenvalue weighted by atomic mass is 10.0. The lowest BCUT2D eigenvalue weighted by Crippen LogP contribution is -2.05. The van der Waals surface area contributed by atoms with Crippen LogP contribution in [0.2, 0.25) is 0 Å². The molecule has 3 rings (SSSR count). The smallest absolute Gasteiger partial charge is 0.228 e. The van der Waals surface area contributed by atoms with Crippen LogP contribution in [0.4, 0.5) is 5.69 Å². The summed E-state index contributed by atoms with van der Waals surface area (Å²) in [5.74, 6) is 0.0589. The van der Waals surface area contributed by atoms with Crippen LogP contribution in [0.1, 0.15) is 11.1 Å². The summed E-state index contributed by atoms with van der Waals surface area (Å²) in [4.78, 5) is 11.4. The third-order valence-electron chi connectivity index (χ3n) is 3.28. The molecule has 1 aliphatic rings. The molecule has 2 aromatic rings. The summed E-state index contributed by atoms with van der Waals surface area (Å²) in [5.41, 5.74) is 5.14. The molecule has 98 valence electrons. The first-order valence-corrected chi connectivity index (χ1v) is 6.27. The Morgan fingerprint density at radius 3 is 3.11 bits per heavy atom. The summed E-state index contributed by atoms with van der Waals surface area (Å²) in [6.45, 7) is 0.775. The zero-order chi connectivity index (χ0) is 13.4. The van der Waals surface area contributed by atoms with Crippen molar-refractivity contribution in [3.05, 3.63) is 35.5 Å². The fourth-order valence-corrected chi connectivity index (χ4v) is 2.48. The van der Waals surface area contributed by atoms with Gasteiger partial charge in [0, 0.05) is 36.6 Å². The zero-order valence-electron chi connectivity index (χ0n) is 11.0. The van der Waals surface area contributed by atoms with Gasteiger partial charge in [-0.15, -0.1) is 0 Å². The average Bonchev–Trinajstić information content (AvgIpc) is 2.90. The Bertz CT molecular complexity index is 645. The molecule has 0 fully saturated rings. The molecule has 0 saturated carbocycles. The van der Waals surface area contributed by atoms with Gasteiger partial charge in [0.05, 0.1) is 12.1 Å². The molecule has 0 saturated heterocycles. The first-order valence-electron chi connectivity index (χ1n) is 6.27. The second kappa shape index (κ2) is 4.51. The van der Waals surface area contributed by atoms with Gasteiger partial charge < -0.3 is 10.6 Å². The molecule has 0 bridgehead atoms. The first kappa shape index (κ1) is 11.9. The highest BCUT2D eigenvalue weighted by atomic mass is 16.1. The van der Waals surface area contributed by atoms with E-state index in [1.54, 1.807) is 0 Å². The highest BCUT2D eigenvalue weighted by molar-refractivity contribution is 5.99. The maximum atomic E-state index is 11.4. The van der Waals surface area contributed by atoms with E-state index in [1.165, 1.54) is 0 Å². The Morgan fingerprint density at radius 2 is 2.32 bits per heavy atom. The van der Waals surface area contributed by atoms with E-state index in [-0.39, 0.29) is 5.91 Å². The molecule has 0 radical (unpaired) electrons. The van der Waals surface area contributed by atoms with Crippen molar-refractivity contribution in [1.82, 2.24) is 15.1 Å². The molecule has 1 aromatic carbocycles. The third-order valence-corrected chi connectivity index (χ3v) is 3.28. The molecule has 1 aliphatic heterocycles. The lowest BCUT2D eigenvalue weighted by molar-refractivity contribution is -0.115. The van der Waals surface area contributed by atoms with Crippen molar-refractivity contribution in [3.63, 3.8) is 0 Å². The Kier molecular flexibility index (Phi) is 2.83. The zero-order valence-corrected chi connectivity index (χ0v) is 11.0. The number of amides is 1. The fraction of sp³-hybridized carbons (Fsp3) is 0.286. The Morgan fingerprint density at radius 1 is 1.47 bits per heavy atom. The van der Waals surface area contributed by atoms with Crippen molar-refractivity contribution in [2.24, 2.45) is 7.05 Å². The van der Waals surface area contributed by atoms with Crippen LogP contribution in [0, 0.1) is 0 Å². The largest absolute Gasteiger partial charge is 0.326 e. The molecule has 1 amide bonds. The number of anilines is 1. The number of aryl methyl sites for hydroxylation is 1. The second-order valence-electron chi connectivity index (χ2n) is 4.80. The van der Waals surface area contributed by atoms with Gasteiger partial charge in [-0.2, -0.15) is 5.10 Å². The minimum absolute atomic E-state index is 0.0589.